The molecule has 0 spiro atoms. The van der Waals surface area contributed by atoms with E-state index < -0.39 is 0 Å². The van der Waals surface area contributed by atoms with Crippen molar-refractivity contribution in [3.8, 4) is 0 Å². The molecular formula is C23H28N2O2. The molecule has 2 N–H and O–H groups in total. The van der Waals surface area contributed by atoms with Crippen molar-refractivity contribution in [1.82, 2.24) is 10.6 Å². The summed E-state index contributed by atoms with van der Waals surface area (Å²) in [5.41, 5.74) is 2.20. The van der Waals surface area contributed by atoms with Gasteiger partial charge in [0.2, 0.25) is 11.8 Å². The molecular weight excluding hydrogens is 336 g/mol. The lowest BCUT2D eigenvalue weighted by molar-refractivity contribution is -0.126. The predicted molar refractivity (Wildman–Crippen MR) is 107 cm³/mol. The van der Waals surface area contributed by atoms with Crippen molar-refractivity contribution in [2.24, 2.45) is 0 Å². The summed E-state index contributed by atoms with van der Waals surface area (Å²) in [7, 11) is 0. The van der Waals surface area contributed by atoms with Crippen molar-refractivity contribution in [2.75, 3.05) is 6.54 Å². The third-order valence-electron chi connectivity index (χ3n) is 5.21. The van der Waals surface area contributed by atoms with Crippen molar-refractivity contribution in [3.05, 3.63) is 71.8 Å². The minimum Gasteiger partial charge on any atom is -0.352 e. The fraction of sp³-hybridized carbons (Fsp3) is 0.391. The Morgan fingerprint density at radius 2 is 1.37 bits per heavy atom. The van der Waals surface area contributed by atoms with Crippen LogP contribution in [0.1, 0.15) is 55.6 Å². The van der Waals surface area contributed by atoms with Crippen LogP contribution in [0.2, 0.25) is 0 Å². The maximum atomic E-state index is 12.5. The smallest absolute Gasteiger partial charge is 0.239 e. The van der Waals surface area contributed by atoms with E-state index in [1.807, 2.05) is 60.7 Å². The van der Waals surface area contributed by atoms with Gasteiger partial charge in [0.1, 0.15) is 0 Å². The van der Waals surface area contributed by atoms with Crippen molar-refractivity contribution in [2.45, 2.75) is 50.5 Å². The zero-order valence-electron chi connectivity index (χ0n) is 15.7. The third kappa shape index (κ3) is 5.95. The maximum Gasteiger partial charge on any atom is 0.239 e. The normalized spacial score (nSPS) is 14.7. The Hall–Kier alpha value is -2.62. The van der Waals surface area contributed by atoms with E-state index in [0.29, 0.717) is 6.42 Å². The number of amides is 2. The summed E-state index contributed by atoms with van der Waals surface area (Å²) in [6.45, 7) is 0.0473. The highest BCUT2D eigenvalue weighted by atomic mass is 16.2. The first-order valence-electron chi connectivity index (χ1n) is 9.88. The summed E-state index contributed by atoms with van der Waals surface area (Å²) in [5, 5.41) is 5.83. The van der Waals surface area contributed by atoms with Crippen LogP contribution in [0, 0.1) is 0 Å². The monoisotopic (exact) mass is 364 g/mol. The molecule has 142 valence electrons. The van der Waals surface area contributed by atoms with Crippen LogP contribution in [0.15, 0.2) is 60.7 Å². The van der Waals surface area contributed by atoms with Gasteiger partial charge in [-0.05, 0) is 24.0 Å². The Bertz CT molecular complexity index is 685. The quantitative estimate of drug-likeness (QED) is 0.786. The number of hydrogen-bond acceptors (Lipinski definition) is 2. The summed E-state index contributed by atoms with van der Waals surface area (Å²) in [6, 6.07) is 20.3. The van der Waals surface area contributed by atoms with E-state index in [1.54, 1.807) is 0 Å². The molecule has 0 unspecified atom stereocenters. The Labute approximate surface area is 161 Å². The largest absolute Gasteiger partial charge is 0.352 e. The van der Waals surface area contributed by atoms with Gasteiger partial charge in [-0.15, -0.1) is 0 Å². The lowest BCUT2D eigenvalue weighted by Gasteiger charge is -2.23. The molecule has 1 aliphatic carbocycles. The Balaban J connectivity index is 1.55. The van der Waals surface area contributed by atoms with Gasteiger partial charge in [0.15, 0.2) is 0 Å². The second kappa shape index (κ2) is 9.91. The van der Waals surface area contributed by atoms with Gasteiger partial charge in [-0.25, -0.2) is 0 Å². The van der Waals surface area contributed by atoms with Gasteiger partial charge < -0.3 is 10.6 Å². The van der Waals surface area contributed by atoms with Gasteiger partial charge >= 0.3 is 0 Å². The fourth-order valence-corrected chi connectivity index (χ4v) is 3.76. The molecule has 0 radical (unpaired) electrons. The molecule has 2 aromatic rings. The zero-order valence-corrected chi connectivity index (χ0v) is 15.7. The molecule has 2 amide bonds. The first kappa shape index (κ1) is 19.2. The number of carbonyl (C=O) groups is 2. The van der Waals surface area contributed by atoms with Crippen molar-refractivity contribution < 1.29 is 9.59 Å². The average molecular weight is 364 g/mol. The molecule has 3 rings (SSSR count). The molecule has 1 saturated carbocycles. The molecule has 1 aliphatic rings. The molecule has 4 heteroatoms. The van der Waals surface area contributed by atoms with Crippen LogP contribution in [0.3, 0.4) is 0 Å². The Morgan fingerprint density at radius 3 is 1.93 bits per heavy atom. The first-order chi connectivity index (χ1) is 13.2. The highest BCUT2D eigenvalue weighted by Gasteiger charge is 2.19. The van der Waals surface area contributed by atoms with Crippen LogP contribution in [0.5, 0.6) is 0 Å². The standard InChI is InChI=1S/C23H28N2O2/c26-22(24-17-23(27)25-20-14-8-3-9-15-20)16-21(18-10-4-1-5-11-18)19-12-6-2-7-13-19/h1-2,4-7,10-13,20-21H,3,8-9,14-17H2,(H,24,26)(H,25,27). The lowest BCUT2D eigenvalue weighted by Crippen LogP contribution is -2.42. The van der Waals surface area contributed by atoms with Gasteiger partial charge in [0.25, 0.3) is 0 Å². The second-order valence-corrected chi connectivity index (χ2v) is 7.26. The Kier molecular flexibility index (Phi) is 7.03. The van der Waals surface area contributed by atoms with Crippen molar-refractivity contribution in [1.29, 1.82) is 0 Å². The van der Waals surface area contributed by atoms with Crippen LogP contribution in [-0.2, 0) is 9.59 Å². The predicted octanol–water partition coefficient (Wildman–Crippen LogP) is 3.77. The highest BCUT2D eigenvalue weighted by Crippen LogP contribution is 2.27. The van der Waals surface area contributed by atoms with Gasteiger partial charge in [-0.1, -0.05) is 79.9 Å². The summed E-state index contributed by atoms with van der Waals surface area (Å²) >= 11 is 0. The Morgan fingerprint density at radius 1 is 0.815 bits per heavy atom. The lowest BCUT2D eigenvalue weighted by atomic mass is 9.88. The third-order valence-corrected chi connectivity index (χ3v) is 5.21. The molecule has 1 fully saturated rings. The molecule has 0 heterocycles. The molecule has 2 aromatic carbocycles. The molecule has 0 aromatic heterocycles. The van der Waals surface area contributed by atoms with Crippen LogP contribution in [-0.4, -0.2) is 24.4 Å². The first-order valence-corrected chi connectivity index (χ1v) is 9.88. The van der Waals surface area contributed by atoms with E-state index in [0.717, 1.165) is 24.0 Å². The molecule has 27 heavy (non-hydrogen) atoms. The van der Waals surface area contributed by atoms with E-state index in [2.05, 4.69) is 10.6 Å². The second-order valence-electron chi connectivity index (χ2n) is 7.26. The minimum absolute atomic E-state index is 0.0196. The van der Waals surface area contributed by atoms with E-state index in [9.17, 15) is 9.59 Å². The molecule has 0 atom stereocenters. The summed E-state index contributed by atoms with van der Waals surface area (Å²) in [4.78, 5) is 24.6. The number of benzene rings is 2. The van der Waals surface area contributed by atoms with Crippen molar-refractivity contribution >= 4 is 11.8 Å². The zero-order chi connectivity index (χ0) is 18.9. The van der Waals surface area contributed by atoms with Crippen LogP contribution >= 0.6 is 0 Å². The number of hydrogen-bond donors (Lipinski definition) is 2. The minimum atomic E-state index is -0.105. The molecule has 4 nitrogen and oxygen atoms in total. The number of rotatable bonds is 7. The molecule has 0 bridgehead atoms. The summed E-state index contributed by atoms with van der Waals surface area (Å²) < 4.78 is 0. The van der Waals surface area contributed by atoms with Gasteiger partial charge in [0.05, 0.1) is 6.54 Å². The van der Waals surface area contributed by atoms with Crippen molar-refractivity contribution in [3.63, 3.8) is 0 Å². The topological polar surface area (TPSA) is 58.2 Å². The van der Waals surface area contributed by atoms with Crippen LogP contribution in [0.25, 0.3) is 0 Å². The molecule has 0 saturated heterocycles. The van der Waals surface area contributed by atoms with Crippen LogP contribution in [0.4, 0.5) is 0 Å². The van der Waals surface area contributed by atoms with E-state index in [4.69, 9.17) is 0 Å². The number of nitrogens with one attached hydrogen (secondary N) is 2. The van der Waals surface area contributed by atoms with E-state index in [1.165, 1.54) is 19.3 Å². The summed E-state index contributed by atoms with van der Waals surface area (Å²) in [5.74, 6) is -0.216. The van der Waals surface area contributed by atoms with Gasteiger partial charge in [-0.2, -0.15) is 0 Å². The average Bonchev–Trinajstić information content (AvgIpc) is 2.72. The van der Waals surface area contributed by atoms with Crippen LogP contribution < -0.4 is 10.6 Å². The van der Waals surface area contributed by atoms with E-state index in [-0.39, 0.29) is 30.3 Å². The van der Waals surface area contributed by atoms with E-state index >= 15 is 0 Å². The fourth-order valence-electron chi connectivity index (χ4n) is 3.76. The SMILES string of the molecule is O=C(CC(c1ccccc1)c1ccccc1)NCC(=O)NC1CCCCC1. The highest BCUT2D eigenvalue weighted by molar-refractivity contribution is 5.85. The van der Waals surface area contributed by atoms with Gasteiger partial charge in [0, 0.05) is 18.4 Å². The number of carbonyl (C=O) groups excluding carboxylic acids is 2. The summed E-state index contributed by atoms with van der Waals surface area (Å²) in [6.07, 6.45) is 6.02. The molecule has 0 aliphatic heterocycles. The maximum absolute atomic E-state index is 12.5. The van der Waals surface area contributed by atoms with Gasteiger partial charge in [-0.3, -0.25) is 9.59 Å².